The van der Waals surface area contributed by atoms with Gasteiger partial charge in [-0.1, -0.05) is 226 Å². The Balaban J connectivity index is 4.50. The van der Waals surface area contributed by atoms with Gasteiger partial charge in [-0.05, 0) is 128 Å². The van der Waals surface area contributed by atoms with E-state index in [9.17, 15) is 14.4 Å². The maximum atomic E-state index is 12.9. The molecule has 0 aromatic heterocycles. The summed E-state index contributed by atoms with van der Waals surface area (Å²) in [5, 5.41) is 0. The van der Waals surface area contributed by atoms with Crippen molar-refractivity contribution >= 4 is 17.9 Å². The maximum absolute atomic E-state index is 12.9. The average molecular weight is 986 g/mol. The van der Waals surface area contributed by atoms with Crippen LogP contribution in [-0.2, 0) is 28.6 Å². The molecular weight excluding hydrogens is 877 g/mol. The Bertz CT molecular complexity index is 1460. The van der Waals surface area contributed by atoms with E-state index < -0.39 is 6.10 Å². The minimum Gasteiger partial charge on any atom is -0.462 e. The molecule has 0 saturated carbocycles. The van der Waals surface area contributed by atoms with Crippen molar-refractivity contribution in [2.24, 2.45) is 0 Å². The Labute approximate surface area is 438 Å². The highest BCUT2D eigenvalue weighted by atomic mass is 16.6. The number of carbonyl (C=O) groups is 3. The molecule has 0 saturated heterocycles. The first-order valence-electron chi connectivity index (χ1n) is 29.4. The molecule has 0 unspecified atom stereocenters. The summed E-state index contributed by atoms with van der Waals surface area (Å²) < 4.78 is 16.8. The zero-order valence-electron chi connectivity index (χ0n) is 46.2. The van der Waals surface area contributed by atoms with Crippen LogP contribution in [0.3, 0.4) is 0 Å². The highest BCUT2D eigenvalue weighted by Crippen LogP contribution is 2.14. The second-order valence-corrected chi connectivity index (χ2v) is 19.2. The Morgan fingerprint density at radius 3 is 0.944 bits per heavy atom. The lowest BCUT2D eigenvalue weighted by Gasteiger charge is -2.18. The average Bonchev–Trinajstić information content (AvgIpc) is 3.37. The first-order chi connectivity index (χ1) is 35.0. The molecule has 0 N–H and O–H groups in total. The van der Waals surface area contributed by atoms with Crippen LogP contribution in [0.1, 0.15) is 265 Å². The number of esters is 3. The van der Waals surface area contributed by atoms with Gasteiger partial charge in [0.05, 0.1) is 0 Å². The summed E-state index contributed by atoms with van der Waals surface area (Å²) in [6.07, 6.45) is 79.4. The number of allylic oxidation sites excluding steroid dienone is 18. The first kappa shape index (κ1) is 67.1. The molecule has 0 amide bonds. The molecular formula is C65H108O6. The summed E-state index contributed by atoms with van der Waals surface area (Å²) in [6, 6.07) is 0. The van der Waals surface area contributed by atoms with Crippen LogP contribution in [0.15, 0.2) is 109 Å². The number of hydrogen-bond donors (Lipinski definition) is 0. The standard InChI is InChI=1S/C65H108O6/c1-4-7-10-13-16-19-22-25-28-30-32-34-37-40-43-46-49-52-55-58-64(67)70-61-62(60-69-63(66)57-54-51-48-45-42-39-36-27-24-21-18-15-12-9-6-3)71-65(68)59-56-53-50-47-44-41-38-35-33-31-29-26-23-20-17-14-11-8-5-2/h9,12,17-18,20-21,25-29,33,35-36,41-42,44-45,62H,4-8,10-11,13-16,19,22-24,30-32,34,37-40,43,46-61H2,1-3H3/b12-9-,20-17-,21-18-,28-25-,29-26-,35-33-,36-27-,44-41-,45-42-/t62-/m1/s1. The van der Waals surface area contributed by atoms with Crippen LogP contribution in [0.5, 0.6) is 0 Å². The molecule has 0 aromatic carbocycles. The summed E-state index contributed by atoms with van der Waals surface area (Å²) >= 11 is 0. The van der Waals surface area contributed by atoms with Gasteiger partial charge in [-0.3, -0.25) is 14.4 Å². The van der Waals surface area contributed by atoms with Crippen LogP contribution in [0.25, 0.3) is 0 Å². The monoisotopic (exact) mass is 985 g/mol. The quantitative estimate of drug-likeness (QED) is 0.0261. The van der Waals surface area contributed by atoms with Crippen LogP contribution in [-0.4, -0.2) is 37.2 Å². The molecule has 0 aliphatic rings. The molecule has 0 spiro atoms. The van der Waals surface area contributed by atoms with Gasteiger partial charge in [-0.25, -0.2) is 0 Å². The number of unbranched alkanes of at least 4 members (excludes halogenated alkanes) is 23. The van der Waals surface area contributed by atoms with Crippen molar-refractivity contribution in [2.75, 3.05) is 13.2 Å². The molecule has 0 bridgehead atoms. The van der Waals surface area contributed by atoms with Gasteiger partial charge in [0.1, 0.15) is 13.2 Å². The van der Waals surface area contributed by atoms with E-state index in [0.29, 0.717) is 19.3 Å². The van der Waals surface area contributed by atoms with Gasteiger partial charge in [-0.15, -0.1) is 0 Å². The highest BCUT2D eigenvalue weighted by Gasteiger charge is 2.19. The van der Waals surface area contributed by atoms with Crippen LogP contribution in [0.2, 0.25) is 0 Å². The van der Waals surface area contributed by atoms with Gasteiger partial charge < -0.3 is 14.2 Å². The molecule has 1 atom stereocenters. The van der Waals surface area contributed by atoms with Gasteiger partial charge in [0, 0.05) is 19.3 Å². The molecule has 0 heterocycles. The van der Waals surface area contributed by atoms with E-state index in [1.807, 2.05) is 0 Å². The number of ether oxygens (including phenoxy) is 3. The van der Waals surface area contributed by atoms with Crippen molar-refractivity contribution in [1.82, 2.24) is 0 Å². The van der Waals surface area contributed by atoms with E-state index in [0.717, 1.165) is 103 Å². The molecule has 6 nitrogen and oxygen atoms in total. The lowest BCUT2D eigenvalue weighted by molar-refractivity contribution is -0.167. The summed E-state index contributed by atoms with van der Waals surface area (Å²) in [6.45, 7) is 6.44. The van der Waals surface area contributed by atoms with E-state index in [1.54, 1.807) is 0 Å². The highest BCUT2D eigenvalue weighted by molar-refractivity contribution is 5.71. The molecule has 71 heavy (non-hydrogen) atoms. The van der Waals surface area contributed by atoms with E-state index in [-0.39, 0.29) is 37.5 Å². The van der Waals surface area contributed by atoms with Gasteiger partial charge in [0.2, 0.25) is 0 Å². The molecule has 404 valence electrons. The fraction of sp³-hybridized carbons (Fsp3) is 0.677. The van der Waals surface area contributed by atoms with Gasteiger partial charge in [0.15, 0.2) is 6.10 Å². The number of hydrogen-bond acceptors (Lipinski definition) is 6. The van der Waals surface area contributed by atoms with Crippen molar-refractivity contribution in [3.05, 3.63) is 109 Å². The largest absolute Gasteiger partial charge is 0.462 e. The summed E-state index contributed by atoms with van der Waals surface area (Å²) in [5.41, 5.74) is 0. The minimum absolute atomic E-state index is 0.106. The Kier molecular flexibility index (Phi) is 55.4. The summed E-state index contributed by atoms with van der Waals surface area (Å²) in [5.74, 6) is -0.981. The molecule has 0 aromatic rings. The van der Waals surface area contributed by atoms with E-state index in [2.05, 4.69) is 130 Å². The van der Waals surface area contributed by atoms with Crippen LogP contribution in [0, 0.1) is 0 Å². The maximum Gasteiger partial charge on any atom is 0.306 e. The summed E-state index contributed by atoms with van der Waals surface area (Å²) in [4.78, 5) is 38.2. The first-order valence-corrected chi connectivity index (χ1v) is 29.4. The lowest BCUT2D eigenvalue weighted by atomic mass is 10.1. The Hall–Kier alpha value is -3.93. The molecule has 0 radical (unpaired) electrons. The smallest absolute Gasteiger partial charge is 0.306 e. The number of carbonyl (C=O) groups excluding carboxylic acids is 3. The molecule has 6 heteroatoms. The van der Waals surface area contributed by atoms with Crippen molar-refractivity contribution in [1.29, 1.82) is 0 Å². The topological polar surface area (TPSA) is 78.9 Å². The Morgan fingerprint density at radius 2 is 0.549 bits per heavy atom. The predicted molar refractivity (Wildman–Crippen MR) is 307 cm³/mol. The van der Waals surface area contributed by atoms with Gasteiger partial charge in [-0.2, -0.15) is 0 Å². The zero-order chi connectivity index (χ0) is 51.4. The molecule has 0 rings (SSSR count). The van der Waals surface area contributed by atoms with Crippen molar-refractivity contribution in [3.8, 4) is 0 Å². The fourth-order valence-electron chi connectivity index (χ4n) is 7.82. The molecule has 0 fully saturated rings. The Morgan fingerprint density at radius 1 is 0.296 bits per heavy atom. The lowest BCUT2D eigenvalue weighted by Crippen LogP contribution is -2.30. The van der Waals surface area contributed by atoms with Crippen molar-refractivity contribution in [3.63, 3.8) is 0 Å². The van der Waals surface area contributed by atoms with Crippen LogP contribution in [0.4, 0.5) is 0 Å². The van der Waals surface area contributed by atoms with Crippen molar-refractivity contribution in [2.45, 2.75) is 271 Å². The molecule has 0 aliphatic heterocycles. The fourth-order valence-corrected chi connectivity index (χ4v) is 7.82. The third kappa shape index (κ3) is 56.9. The zero-order valence-corrected chi connectivity index (χ0v) is 46.2. The van der Waals surface area contributed by atoms with E-state index in [4.69, 9.17) is 14.2 Å². The SMILES string of the molecule is CC/C=C\C/C=C\C/C=C\C/C=C\CCCCC(=O)OC[C@H](COC(=O)CCCCCCCCCCC/C=C\CCCCCCCC)OC(=O)CCCCC/C=C\C/C=C\C/C=C\C/C=C\CCCCC. The van der Waals surface area contributed by atoms with Crippen LogP contribution >= 0.6 is 0 Å². The predicted octanol–water partition coefficient (Wildman–Crippen LogP) is 19.9. The van der Waals surface area contributed by atoms with Gasteiger partial charge in [0.25, 0.3) is 0 Å². The van der Waals surface area contributed by atoms with Crippen LogP contribution < -0.4 is 0 Å². The second-order valence-electron chi connectivity index (χ2n) is 19.2. The summed E-state index contributed by atoms with van der Waals surface area (Å²) in [7, 11) is 0. The van der Waals surface area contributed by atoms with Crippen molar-refractivity contribution < 1.29 is 28.6 Å². The second kappa shape index (κ2) is 58.6. The molecule has 0 aliphatic carbocycles. The third-order valence-electron chi connectivity index (χ3n) is 12.2. The van der Waals surface area contributed by atoms with E-state index in [1.165, 1.54) is 116 Å². The third-order valence-corrected chi connectivity index (χ3v) is 12.2. The van der Waals surface area contributed by atoms with E-state index >= 15 is 0 Å². The minimum atomic E-state index is -0.815. The normalized spacial score (nSPS) is 12.9. The number of rotatable bonds is 52. The van der Waals surface area contributed by atoms with Gasteiger partial charge >= 0.3 is 17.9 Å².